The van der Waals surface area contributed by atoms with Crippen molar-refractivity contribution in [2.24, 2.45) is 5.92 Å². The third-order valence-corrected chi connectivity index (χ3v) is 4.92. The summed E-state index contributed by atoms with van der Waals surface area (Å²) in [4.78, 5) is 10.7. The molecule has 0 unspecified atom stereocenters. The van der Waals surface area contributed by atoms with Crippen LogP contribution in [0.15, 0.2) is 22.7 Å². The molecule has 0 bridgehead atoms. The Labute approximate surface area is 133 Å². The zero-order valence-corrected chi connectivity index (χ0v) is 13.7. The van der Waals surface area contributed by atoms with Gasteiger partial charge in [0.05, 0.1) is 11.5 Å². The molecule has 0 amide bonds. The van der Waals surface area contributed by atoms with Gasteiger partial charge in [0.25, 0.3) is 5.69 Å². The first kappa shape index (κ1) is 16.4. The lowest BCUT2D eigenvalue weighted by Gasteiger charge is -2.39. The smallest absolute Gasteiger partial charge is 0.273 e. The molecule has 0 spiro atoms. The van der Waals surface area contributed by atoms with Crippen molar-refractivity contribution in [3.05, 3.63) is 38.3 Å². The number of halogens is 1. The summed E-state index contributed by atoms with van der Waals surface area (Å²) < 4.78 is 0.820. The third-order valence-electron chi connectivity index (χ3n) is 4.43. The summed E-state index contributed by atoms with van der Waals surface area (Å²) in [5, 5.41) is 24.2. The minimum absolute atomic E-state index is 0.0710. The van der Waals surface area contributed by atoms with Gasteiger partial charge >= 0.3 is 0 Å². The molecule has 0 atom stereocenters. The van der Waals surface area contributed by atoms with Crippen molar-refractivity contribution in [3.63, 3.8) is 0 Å². The maximum absolute atomic E-state index is 11.1. The second kappa shape index (κ2) is 6.85. The molecule has 2 rings (SSSR count). The maximum atomic E-state index is 11.1. The van der Waals surface area contributed by atoms with Crippen LogP contribution in [-0.4, -0.2) is 22.2 Å². The number of aliphatic hydroxyl groups is 1. The number of aliphatic hydroxyl groups excluding tert-OH is 1. The summed E-state index contributed by atoms with van der Waals surface area (Å²) in [5.74, 6) is 0.687. The second-order valence-electron chi connectivity index (χ2n) is 6.00. The van der Waals surface area contributed by atoms with Gasteiger partial charge in [0, 0.05) is 28.2 Å². The van der Waals surface area contributed by atoms with Crippen molar-refractivity contribution in [1.29, 1.82) is 0 Å². The van der Waals surface area contributed by atoms with Gasteiger partial charge in [-0.05, 0) is 43.7 Å². The van der Waals surface area contributed by atoms with Crippen LogP contribution in [0.2, 0.25) is 0 Å². The van der Waals surface area contributed by atoms with E-state index in [9.17, 15) is 15.2 Å². The van der Waals surface area contributed by atoms with Crippen LogP contribution in [0, 0.1) is 16.0 Å². The Bertz CT molecular complexity index is 514. The highest BCUT2D eigenvalue weighted by atomic mass is 79.9. The van der Waals surface area contributed by atoms with E-state index in [1.807, 2.05) is 0 Å². The molecule has 1 aromatic rings. The van der Waals surface area contributed by atoms with E-state index < -0.39 is 0 Å². The van der Waals surface area contributed by atoms with Crippen LogP contribution in [0.3, 0.4) is 0 Å². The SMILES string of the molecule is CC1CCC(CO)(NCc2cc(Br)ccc2[N+](=O)[O-])CC1. The minimum atomic E-state index is -0.363. The van der Waals surface area contributed by atoms with Gasteiger partial charge in [-0.25, -0.2) is 0 Å². The summed E-state index contributed by atoms with van der Waals surface area (Å²) in [6.45, 7) is 2.69. The Morgan fingerprint density at radius 1 is 1.48 bits per heavy atom. The Morgan fingerprint density at radius 2 is 2.14 bits per heavy atom. The van der Waals surface area contributed by atoms with Crippen LogP contribution >= 0.6 is 15.9 Å². The zero-order chi connectivity index (χ0) is 15.5. The van der Waals surface area contributed by atoms with Gasteiger partial charge in [0.1, 0.15) is 0 Å². The summed E-state index contributed by atoms with van der Waals surface area (Å²) in [6, 6.07) is 4.95. The number of hydrogen-bond acceptors (Lipinski definition) is 4. The lowest BCUT2D eigenvalue weighted by molar-refractivity contribution is -0.385. The Balaban J connectivity index is 2.11. The summed E-state index contributed by atoms with van der Waals surface area (Å²) in [6.07, 6.45) is 3.97. The van der Waals surface area contributed by atoms with E-state index in [2.05, 4.69) is 28.2 Å². The lowest BCUT2D eigenvalue weighted by atomic mass is 9.77. The Hall–Kier alpha value is -0.980. The largest absolute Gasteiger partial charge is 0.394 e. The molecule has 0 aliphatic heterocycles. The maximum Gasteiger partial charge on any atom is 0.273 e. The number of rotatable bonds is 5. The monoisotopic (exact) mass is 356 g/mol. The van der Waals surface area contributed by atoms with E-state index in [-0.39, 0.29) is 22.8 Å². The molecule has 2 N–H and O–H groups in total. The van der Waals surface area contributed by atoms with Crippen LogP contribution in [0.4, 0.5) is 5.69 Å². The van der Waals surface area contributed by atoms with E-state index in [1.54, 1.807) is 12.1 Å². The van der Waals surface area contributed by atoms with Crippen molar-refractivity contribution >= 4 is 21.6 Å². The van der Waals surface area contributed by atoms with E-state index in [4.69, 9.17) is 0 Å². The van der Waals surface area contributed by atoms with Gasteiger partial charge in [-0.2, -0.15) is 0 Å². The van der Waals surface area contributed by atoms with Gasteiger partial charge < -0.3 is 10.4 Å². The second-order valence-corrected chi connectivity index (χ2v) is 6.92. The molecule has 116 valence electrons. The van der Waals surface area contributed by atoms with E-state index >= 15 is 0 Å². The van der Waals surface area contributed by atoms with Crippen molar-refractivity contribution in [3.8, 4) is 0 Å². The fourth-order valence-corrected chi connectivity index (χ4v) is 3.27. The van der Waals surface area contributed by atoms with Crippen LogP contribution in [0.1, 0.15) is 38.2 Å². The Morgan fingerprint density at radius 3 is 2.71 bits per heavy atom. The van der Waals surface area contributed by atoms with Crippen molar-refractivity contribution in [2.75, 3.05) is 6.61 Å². The fourth-order valence-electron chi connectivity index (χ4n) is 2.86. The first-order valence-electron chi connectivity index (χ1n) is 7.24. The average Bonchev–Trinajstić information content (AvgIpc) is 2.47. The van der Waals surface area contributed by atoms with Gasteiger partial charge in [0.2, 0.25) is 0 Å². The highest BCUT2D eigenvalue weighted by molar-refractivity contribution is 9.10. The zero-order valence-electron chi connectivity index (χ0n) is 12.1. The quantitative estimate of drug-likeness (QED) is 0.626. The normalized spacial score (nSPS) is 25.8. The molecule has 1 saturated carbocycles. The molecule has 0 saturated heterocycles. The first-order valence-corrected chi connectivity index (χ1v) is 8.04. The van der Waals surface area contributed by atoms with Crippen LogP contribution in [0.5, 0.6) is 0 Å². The van der Waals surface area contributed by atoms with Crippen molar-refractivity contribution in [2.45, 2.75) is 44.7 Å². The molecular formula is C15H21BrN2O3. The van der Waals surface area contributed by atoms with Crippen molar-refractivity contribution in [1.82, 2.24) is 5.32 Å². The van der Waals surface area contributed by atoms with E-state index in [0.717, 1.165) is 30.2 Å². The molecule has 6 heteroatoms. The number of nitrogens with zero attached hydrogens (tertiary/aromatic N) is 1. The molecule has 1 aliphatic carbocycles. The fraction of sp³-hybridized carbons (Fsp3) is 0.600. The van der Waals surface area contributed by atoms with Gasteiger partial charge in [-0.15, -0.1) is 0 Å². The molecular weight excluding hydrogens is 336 g/mol. The number of benzene rings is 1. The Kier molecular flexibility index (Phi) is 5.35. The van der Waals surface area contributed by atoms with E-state index in [0.29, 0.717) is 18.0 Å². The number of nitro benzene ring substituents is 1. The highest BCUT2D eigenvalue weighted by Crippen LogP contribution is 2.32. The highest BCUT2D eigenvalue weighted by Gasteiger charge is 2.33. The molecule has 0 aromatic heterocycles. The standard InChI is InChI=1S/C15H21BrN2O3/c1-11-4-6-15(10-19,7-5-11)17-9-12-8-13(16)2-3-14(12)18(20)21/h2-3,8,11,17,19H,4-7,9-10H2,1H3. The molecule has 21 heavy (non-hydrogen) atoms. The van der Waals surface area contributed by atoms with Crippen LogP contribution < -0.4 is 5.32 Å². The average molecular weight is 357 g/mol. The molecule has 5 nitrogen and oxygen atoms in total. The van der Waals surface area contributed by atoms with E-state index in [1.165, 1.54) is 6.07 Å². The molecule has 0 radical (unpaired) electrons. The van der Waals surface area contributed by atoms with Gasteiger partial charge in [0.15, 0.2) is 0 Å². The van der Waals surface area contributed by atoms with Gasteiger partial charge in [-0.1, -0.05) is 22.9 Å². The first-order chi connectivity index (χ1) is 9.96. The summed E-state index contributed by atoms with van der Waals surface area (Å²) in [7, 11) is 0. The number of nitrogens with one attached hydrogen (secondary N) is 1. The predicted molar refractivity (Wildman–Crippen MR) is 85.1 cm³/mol. The topological polar surface area (TPSA) is 75.4 Å². The third kappa shape index (κ3) is 4.02. The predicted octanol–water partition coefficient (Wildman–Crippen LogP) is 3.39. The molecule has 1 aromatic carbocycles. The van der Waals surface area contributed by atoms with Crippen LogP contribution in [-0.2, 0) is 6.54 Å². The van der Waals surface area contributed by atoms with Crippen molar-refractivity contribution < 1.29 is 10.0 Å². The summed E-state index contributed by atoms with van der Waals surface area (Å²) >= 11 is 3.35. The number of nitro groups is 1. The van der Waals surface area contributed by atoms with Crippen LogP contribution in [0.25, 0.3) is 0 Å². The number of hydrogen-bond donors (Lipinski definition) is 2. The summed E-state index contributed by atoms with van der Waals surface area (Å²) in [5.41, 5.74) is 0.451. The molecule has 1 aliphatic rings. The minimum Gasteiger partial charge on any atom is -0.394 e. The molecule has 0 heterocycles. The lowest BCUT2D eigenvalue weighted by Crippen LogP contribution is -2.50. The molecule has 1 fully saturated rings. The van der Waals surface area contributed by atoms with Gasteiger partial charge in [-0.3, -0.25) is 10.1 Å².